The van der Waals surface area contributed by atoms with Crippen molar-refractivity contribution in [3.8, 4) is 16.9 Å². The number of pyridine rings is 1. The molecule has 6 heteroatoms. The summed E-state index contributed by atoms with van der Waals surface area (Å²) < 4.78 is 20.8. The van der Waals surface area contributed by atoms with Crippen molar-refractivity contribution in [3.63, 3.8) is 0 Å². The highest BCUT2D eigenvalue weighted by Gasteiger charge is 2.20. The van der Waals surface area contributed by atoms with Gasteiger partial charge in [-0.1, -0.05) is 24.3 Å². The Hall–Kier alpha value is -2.70. The number of nitrogens with one attached hydrogen (secondary N) is 1. The highest BCUT2D eigenvalue weighted by molar-refractivity contribution is 7.17. The number of hydrogen-bond acceptors (Lipinski definition) is 4. The lowest BCUT2D eigenvalue weighted by Gasteiger charge is -2.15. The number of likely N-dealkylation sites (N-methyl/N-ethyl adjacent to an activating group) is 1. The fraction of sp³-hybridized carbons (Fsp3) is 0.227. The first-order valence-electron chi connectivity index (χ1n) is 9.03. The molecule has 144 valence electrons. The smallest absolute Gasteiger partial charge is 0.266 e. The maximum Gasteiger partial charge on any atom is 0.266 e. The second kappa shape index (κ2) is 7.37. The Balaban J connectivity index is 1.97. The fourth-order valence-corrected chi connectivity index (χ4v) is 4.33. The summed E-state index contributed by atoms with van der Waals surface area (Å²) in [5.74, 6) is -0.306. The Labute approximate surface area is 166 Å². The average molecular weight is 396 g/mol. The number of halogens is 1. The normalized spacial score (nSPS) is 11.6. The van der Waals surface area contributed by atoms with Crippen LogP contribution in [0, 0.1) is 5.82 Å². The summed E-state index contributed by atoms with van der Waals surface area (Å²) >= 11 is 1.38. The van der Waals surface area contributed by atoms with Crippen LogP contribution in [0.5, 0.6) is 5.75 Å². The molecule has 0 unspecified atom stereocenters. The molecule has 0 atom stereocenters. The highest BCUT2D eigenvalue weighted by atomic mass is 32.1. The van der Waals surface area contributed by atoms with Gasteiger partial charge in [-0.15, -0.1) is 11.3 Å². The number of ether oxygens (including phenoxy) is 1. The molecule has 0 amide bonds. The van der Waals surface area contributed by atoms with Crippen LogP contribution in [0.2, 0.25) is 0 Å². The lowest BCUT2D eigenvalue weighted by Crippen LogP contribution is -2.14. The van der Waals surface area contributed by atoms with Gasteiger partial charge in [-0.05, 0) is 43.1 Å². The summed E-state index contributed by atoms with van der Waals surface area (Å²) in [5.41, 5.74) is 3.00. The van der Waals surface area contributed by atoms with Gasteiger partial charge in [0.25, 0.3) is 5.56 Å². The molecule has 4 aromatic rings. The predicted octanol–water partition coefficient (Wildman–Crippen LogP) is 4.66. The standard InChI is InChI=1S/C22H21FN2O2S/c1-25(2)10-8-13-4-6-14(7-5-13)18-19-15-9-11-28-21(15)22(26)24-17(19)12-16(23)20(18)27-3/h4-7,9,11-12H,8,10H2,1-3H3,(H,24,26). The van der Waals surface area contributed by atoms with Gasteiger partial charge in [-0.25, -0.2) is 4.39 Å². The van der Waals surface area contributed by atoms with Crippen LogP contribution in [0.1, 0.15) is 5.56 Å². The minimum absolute atomic E-state index is 0.188. The zero-order valence-corrected chi connectivity index (χ0v) is 16.8. The van der Waals surface area contributed by atoms with Gasteiger partial charge in [0.2, 0.25) is 0 Å². The van der Waals surface area contributed by atoms with Crippen molar-refractivity contribution >= 4 is 32.3 Å². The molecular formula is C22H21FN2O2S. The van der Waals surface area contributed by atoms with E-state index in [1.807, 2.05) is 37.7 Å². The van der Waals surface area contributed by atoms with Gasteiger partial charge in [0.15, 0.2) is 11.6 Å². The minimum atomic E-state index is -0.494. The van der Waals surface area contributed by atoms with E-state index in [1.54, 1.807) is 0 Å². The zero-order chi connectivity index (χ0) is 19.8. The van der Waals surface area contributed by atoms with Crippen molar-refractivity contribution in [2.75, 3.05) is 27.7 Å². The molecule has 0 aliphatic carbocycles. The van der Waals surface area contributed by atoms with Crippen LogP contribution < -0.4 is 10.3 Å². The van der Waals surface area contributed by atoms with Crippen LogP contribution in [0.25, 0.3) is 32.1 Å². The van der Waals surface area contributed by atoms with Crippen LogP contribution in [0.3, 0.4) is 0 Å². The molecule has 2 heterocycles. The van der Waals surface area contributed by atoms with E-state index >= 15 is 0 Å². The number of hydrogen-bond donors (Lipinski definition) is 1. The number of H-pyrrole nitrogens is 1. The summed E-state index contributed by atoms with van der Waals surface area (Å²) in [4.78, 5) is 17.3. The van der Waals surface area contributed by atoms with Gasteiger partial charge >= 0.3 is 0 Å². The van der Waals surface area contributed by atoms with Gasteiger partial charge in [-0.3, -0.25) is 4.79 Å². The summed E-state index contributed by atoms with van der Waals surface area (Å²) in [7, 11) is 5.56. The first kappa shape index (κ1) is 18.7. The lowest BCUT2D eigenvalue weighted by atomic mass is 9.96. The van der Waals surface area contributed by atoms with Crippen molar-refractivity contribution < 1.29 is 9.13 Å². The largest absolute Gasteiger partial charge is 0.493 e. The summed E-state index contributed by atoms with van der Waals surface area (Å²) in [5, 5.41) is 3.49. The minimum Gasteiger partial charge on any atom is -0.493 e. The van der Waals surface area contributed by atoms with Gasteiger partial charge in [0.1, 0.15) is 4.70 Å². The molecule has 0 spiro atoms. The molecular weight excluding hydrogens is 375 g/mol. The molecule has 0 bridgehead atoms. The Morgan fingerprint density at radius 3 is 2.61 bits per heavy atom. The Morgan fingerprint density at radius 1 is 1.18 bits per heavy atom. The average Bonchev–Trinajstić information content (AvgIpc) is 3.16. The van der Waals surface area contributed by atoms with E-state index in [9.17, 15) is 9.18 Å². The molecule has 0 fully saturated rings. The van der Waals surface area contributed by atoms with Crippen molar-refractivity contribution in [1.82, 2.24) is 9.88 Å². The molecule has 0 saturated heterocycles. The maximum atomic E-state index is 14.8. The van der Waals surface area contributed by atoms with Crippen molar-refractivity contribution in [2.45, 2.75) is 6.42 Å². The van der Waals surface area contributed by atoms with E-state index < -0.39 is 5.82 Å². The fourth-order valence-electron chi connectivity index (χ4n) is 3.54. The molecule has 0 aliphatic heterocycles. The van der Waals surface area contributed by atoms with E-state index in [4.69, 9.17) is 4.74 Å². The van der Waals surface area contributed by atoms with Crippen LogP contribution in [-0.2, 0) is 6.42 Å². The Kier molecular flexibility index (Phi) is 4.91. The Morgan fingerprint density at radius 2 is 1.93 bits per heavy atom. The van der Waals surface area contributed by atoms with Gasteiger partial charge in [0.05, 0.1) is 12.6 Å². The SMILES string of the molecule is COc1c(F)cc2[nH]c(=O)c3sccc3c2c1-c1ccc(CCN(C)C)cc1. The quantitative estimate of drug-likeness (QED) is 0.534. The molecule has 4 rings (SSSR count). The van der Waals surface area contributed by atoms with E-state index in [0.717, 1.165) is 29.3 Å². The van der Waals surface area contributed by atoms with Crippen LogP contribution in [0.15, 0.2) is 46.6 Å². The number of thiophene rings is 1. The zero-order valence-electron chi connectivity index (χ0n) is 16.0. The van der Waals surface area contributed by atoms with E-state index in [-0.39, 0.29) is 11.3 Å². The monoisotopic (exact) mass is 396 g/mol. The second-order valence-corrected chi connectivity index (χ2v) is 7.97. The number of rotatable bonds is 5. The van der Waals surface area contributed by atoms with Gasteiger partial charge in [0, 0.05) is 28.9 Å². The first-order chi connectivity index (χ1) is 13.5. The van der Waals surface area contributed by atoms with E-state index in [0.29, 0.717) is 15.8 Å². The molecule has 0 aliphatic rings. The third-order valence-corrected chi connectivity index (χ3v) is 5.83. The van der Waals surface area contributed by atoms with Crippen molar-refractivity contribution in [1.29, 1.82) is 0 Å². The molecule has 0 saturated carbocycles. The number of aromatic amines is 1. The van der Waals surface area contributed by atoms with E-state index in [1.165, 1.54) is 30.1 Å². The van der Waals surface area contributed by atoms with Crippen molar-refractivity contribution in [3.05, 3.63) is 63.5 Å². The number of methoxy groups -OCH3 is 1. The number of nitrogens with zero attached hydrogens (tertiary/aromatic N) is 1. The first-order valence-corrected chi connectivity index (χ1v) is 9.91. The molecule has 1 N–H and O–H groups in total. The maximum absolute atomic E-state index is 14.8. The second-order valence-electron chi connectivity index (χ2n) is 7.06. The van der Waals surface area contributed by atoms with E-state index in [2.05, 4.69) is 22.0 Å². The van der Waals surface area contributed by atoms with Crippen molar-refractivity contribution in [2.24, 2.45) is 0 Å². The highest BCUT2D eigenvalue weighted by Crippen LogP contribution is 2.41. The number of benzene rings is 2. The number of fused-ring (bicyclic) bond motifs is 3. The summed E-state index contributed by atoms with van der Waals surface area (Å²) in [6.45, 7) is 0.961. The van der Waals surface area contributed by atoms with Crippen LogP contribution >= 0.6 is 11.3 Å². The molecule has 0 radical (unpaired) electrons. The third kappa shape index (κ3) is 3.19. The number of aromatic nitrogens is 1. The summed E-state index contributed by atoms with van der Waals surface area (Å²) in [6, 6.07) is 11.3. The lowest BCUT2D eigenvalue weighted by molar-refractivity contribution is 0.389. The molecule has 28 heavy (non-hydrogen) atoms. The molecule has 2 aromatic heterocycles. The molecule has 2 aromatic carbocycles. The molecule has 4 nitrogen and oxygen atoms in total. The van der Waals surface area contributed by atoms with Gasteiger partial charge < -0.3 is 14.6 Å². The topological polar surface area (TPSA) is 45.3 Å². The van der Waals surface area contributed by atoms with Gasteiger partial charge in [-0.2, -0.15) is 0 Å². The third-order valence-electron chi connectivity index (χ3n) is 4.92. The predicted molar refractivity (Wildman–Crippen MR) is 114 cm³/mol. The van der Waals surface area contributed by atoms with Crippen LogP contribution in [0.4, 0.5) is 4.39 Å². The van der Waals surface area contributed by atoms with Crippen LogP contribution in [-0.4, -0.2) is 37.6 Å². The Bertz CT molecular complexity index is 1210. The summed E-state index contributed by atoms with van der Waals surface area (Å²) in [6.07, 6.45) is 0.941.